The molecule has 0 unspecified atom stereocenters. The van der Waals surface area contributed by atoms with Crippen LogP contribution >= 0.6 is 22.6 Å². The molecule has 4 rings (SSSR count). The fourth-order valence-corrected chi connectivity index (χ4v) is 2.89. The van der Waals surface area contributed by atoms with E-state index in [0.717, 1.165) is 27.8 Å². The molecule has 0 bridgehead atoms. The maximum absolute atomic E-state index is 12.0. The van der Waals surface area contributed by atoms with Crippen molar-refractivity contribution in [1.82, 2.24) is 20.2 Å². The summed E-state index contributed by atoms with van der Waals surface area (Å²) in [5.74, 6) is 1.22. The van der Waals surface area contributed by atoms with Crippen LogP contribution in [0.15, 0.2) is 48.5 Å². The van der Waals surface area contributed by atoms with Crippen LogP contribution in [0.4, 0.5) is 5.69 Å². The second-order valence-corrected chi connectivity index (χ2v) is 7.29. The van der Waals surface area contributed by atoms with Gasteiger partial charge in [-0.05, 0) is 94.4 Å². The molecule has 1 amide bonds. The number of anilines is 1. The van der Waals surface area contributed by atoms with E-state index in [4.69, 9.17) is 4.74 Å². The molecule has 1 N–H and O–H groups in total. The monoisotopic (exact) mass is 461 g/mol. The molecule has 1 aliphatic rings. The van der Waals surface area contributed by atoms with E-state index in [1.165, 1.54) is 0 Å². The van der Waals surface area contributed by atoms with E-state index in [-0.39, 0.29) is 12.5 Å². The van der Waals surface area contributed by atoms with E-state index in [1.807, 2.05) is 53.2 Å². The van der Waals surface area contributed by atoms with Crippen LogP contribution in [0.1, 0.15) is 18.9 Å². The van der Waals surface area contributed by atoms with Crippen LogP contribution in [0, 0.1) is 3.57 Å². The Morgan fingerprint density at radius 2 is 1.88 bits per heavy atom. The quantitative estimate of drug-likeness (QED) is 0.570. The minimum absolute atomic E-state index is 0.0394. The Bertz CT molecular complexity index is 904. The molecule has 0 aliphatic heterocycles. The molecule has 0 atom stereocenters. The minimum atomic E-state index is -0.209. The molecule has 1 aromatic heterocycles. The van der Waals surface area contributed by atoms with Gasteiger partial charge in [0.15, 0.2) is 12.4 Å². The Morgan fingerprint density at radius 3 is 2.58 bits per heavy atom. The molecule has 1 saturated carbocycles. The van der Waals surface area contributed by atoms with Crippen LogP contribution in [0.2, 0.25) is 0 Å². The van der Waals surface area contributed by atoms with Gasteiger partial charge in [0.05, 0.1) is 6.04 Å². The van der Waals surface area contributed by atoms with Crippen molar-refractivity contribution in [1.29, 1.82) is 0 Å². The molecule has 0 spiro atoms. The Labute approximate surface area is 163 Å². The van der Waals surface area contributed by atoms with Gasteiger partial charge >= 0.3 is 0 Å². The molecule has 3 aromatic rings. The summed E-state index contributed by atoms with van der Waals surface area (Å²) in [4.78, 5) is 12.0. The Kier molecular flexibility index (Phi) is 4.83. The molecule has 1 fully saturated rings. The molecule has 1 heterocycles. The number of hydrogen-bond donors (Lipinski definition) is 1. The number of nitrogens with one attached hydrogen (secondary N) is 1. The number of aromatic nitrogens is 4. The topological polar surface area (TPSA) is 81.9 Å². The summed E-state index contributed by atoms with van der Waals surface area (Å²) in [6.07, 6.45) is 2.24. The third-order valence-corrected chi connectivity index (χ3v) is 4.72. The third-order valence-electron chi connectivity index (χ3n) is 4.00. The number of ether oxygens (including phenoxy) is 1. The summed E-state index contributed by atoms with van der Waals surface area (Å²) >= 11 is 2.22. The van der Waals surface area contributed by atoms with Crippen LogP contribution in [0.3, 0.4) is 0 Å². The van der Waals surface area contributed by atoms with Crippen molar-refractivity contribution in [3.05, 3.63) is 52.1 Å². The standard InChI is InChI=1S/C18H16IN5O2/c19-13-3-9-16(10-4-13)26-11-17(25)20-14-5-1-12(2-6-14)18-21-22-23-24(18)15-7-8-15/h1-6,9-10,15H,7-8,11H2,(H,20,25). The first-order valence-corrected chi connectivity index (χ1v) is 9.33. The minimum Gasteiger partial charge on any atom is -0.484 e. The largest absolute Gasteiger partial charge is 0.484 e. The lowest BCUT2D eigenvalue weighted by Crippen LogP contribution is -2.20. The highest BCUT2D eigenvalue weighted by atomic mass is 127. The van der Waals surface area contributed by atoms with Gasteiger partial charge in [0.2, 0.25) is 0 Å². The maximum Gasteiger partial charge on any atom is 0.262 e. The van der Waals surface area contributed by atoms with Gasteiger partial charge in [0.25, 0.3) is 5.91 Å². The van der Waals surface area contributed by atoms with E-state index in [1.54, 1.807) is 0 Å². The number of carbonyl (C=O) groups excluding carboxylic acids is 1. The van der Waals surface area contributed by atoms with Crippen molar-refractivity contribution in [3.63, 3.8) is 0 Å². The number of carbonyl (C=O) groups is 1. The zero-order valence-electron chi connectivity index (χ0n) is 13.8. The summed E-state index contributed by atoms with van der Waals surface area (Å²) in [6.45, 7) is -0.0394. The van der Waals surface area contributed by atoms with E-state index in [9.17, 15) is 4.79 Å². The number of benzene rings is 2. The average Bonchev–Trinajstić information content (AvgIpc) is 3.39. The van der Waals surface area contributed by atoms with Crippen molar-refractivity contribution in [2.45, 2.75) is 18.9 Å². The molecule has 1 aliphatic carbocycles. The molecular weight excluding hydrogens is 445 g/mol. The van der Waals surface area contributed by atoms with E-state index >= 15 is 0 Å². The van der Waals surface area contributed by atoms with Crippen LogP contribution in [-0.2, 0) is 4.79 Å². The molecular formula is C18H16IN5O2. The van der Waals surface area contributed by atoms with Crippen LogP contribution in [-0.4, -0.2) is 32.7 Å². The Morgan fingerprint density at radius 1 is 1.15 bits per heavy atom. The van der Waals surface area contributed by atoms with Gasteiger partial charge in [0, 0.05) is 14.8 Å². The SMILES string of the molecule is O=C(COc1ccc(I)cc1)Nc1ccc(-c2nnnn2C2CC2)cc1. The summed E-state index contributed by atoms with van der Waals surface area (Å²) in [5.41, 5.74) is 1.63. The van der Waals surface area contributed by atoms with Gasteiger partial charge in [-0.3, -0.25) is 4.79 Å². The highest BCUT2D eigenvalue weighted by Crippen LogP contribution is 2.36. The average molecular weight is 461 g/mol. The van der Waals surface area contributed by atoms with Crippen molar-refractivity contribution >= 4 is 34.2 Å². The Hall–Kier alpha value is -2.49. The number of rotatable bonds is 6. The number of amides is 1. The first-order valence-electron chi connectivity index (χ1n) is 8.25. The highest BCUT2D eigenvalue weighted by molar-refractivity contribution is 14.1. The van der Waals surface area contributed by atoms with Crippen molar-refractivity contribution in [3.8, 4) is 17.1 Å². The summed E-state index contributed by atoms with van der Waals surface area (Å²) in [6, 6.07) is 15.4. The second-order valence-electron chi connectivity index (χ2n) is 6.05. The van der Waals surface area contributed by atoms with E-state index in [0.29, 0.717) is 17.5 Å². The zero-order chi connectivity index (χ0) is 17.9. The third kappa shape index (κ3) is 4.01. The lowest BCUT2D eigenvalue weighted by atomic mass is 10.2. The van der Waals surface area contributed by atoms with Gasteiger partial charge in [-0.1, -0.05) is 0 Å². The summed E-state index contributed by atoms with van der Waals surface area (Å²) in [7, 11) is 0. The zero-order valence-corrected chi connectivity index (χ0v) is 16.0. The van der Waals surface area contributed by atoms with E-state index in [2.05, 4.69) is 43.4 Å². The second kappa shape index (κ2) is 7.40. The summed E-state index contributed by atoms with van der Waals surface area (Å²) in [5, 5.41) is 14.7. The number of tetrazole rings is 1. The molecule has 132 valence electrons. The van der Waals surface area contributed by atoms with Crippen LogP contribution in [0.5, 0.6) is 5.75 Å². The van der Waals surface area contributed by atoms with Gasteiger partial charge in [-0.25, -0.2) is 4.68 Å². The summed E-state index contributed by atoms with van der Waals surface area (Å²) < 4.78 is 8.46. The fourth-order valence-electron chi connectivity index (χ4n) is 2.53. The van der Waals surface area contributed by atoms with Gasteiger partial charge < -0.3 is 10.1 Å². The predicted octanol–water partition coefficient (Wildman–Crippen LogP) is 3.30. The van der Waals surface area contributed by atoms with Crippen LogP contribution < -0.4 is 10.1 Å². The number of hydrogen-bond acceptors (Lipinski definition) is 5. The van der Waals surface area contributed by atoms with Gasteiger partial charge in [-0.15, -0.1) is 5.10 Å². The van der Waals surface area contributed by atoms with Gasteiger partial charge in [0.1, 0.15) is 5.75 Å². The lowest BCUT2D eigenvalue weighted by molar-refractivity contribution is -0.118. The normalized spacial score (nSPS) is 13.4. The molecule has 2 aromatic carbocycles. The molecule has 8 heteroatoms. The van der Waals surface area contributed by atoms with Crippen molar-refractivity contribution in [2.75, 3.05) is 11.9 Å². The maximum atomic E-state index is 12.0. The number of nitrogens with zero attached hydrogens (tertiary/aromatic N) is 4. The predicted molar refractivity (Wildman–Crippen MR) is 105 cm³/mol. The Balaban J connectivity index is 1.35. The fraction of sp³-hybridized carbons (Fsp3) is 0.222. The highest BCUT2D eigenvalue weighted by Gasteiger charge is 2.28. The molecule has 0 saturated heterocycles. The van der Waals surface area contributed by atoms with Gasteiger partial charge in [-0.2, -0.15) is 0 Å². The lowest BCUT2D eigenvalue weighted by Gasteiger charge is -2.08. The smallest absolute Gasteiger partial charge is 0.262 e. The number of halogens is 1. The van der Waals surface area contributed by atoms with Crippen LogP contribution in [0.25, 0.3) is 11.4 Å². The first-order chi connectivity index (χ1) is 12.7. The molecule has 0 radical (unpaired) electrons. The first kappa shape index (κ1) is 17.0. The molecule has 7 nitrogen and oxygen atoms in total. The molecule has 26 heavy (non-hydrogen) atoms. The van der Waals surface area contributed by atoms with Crippen molar-refractivity contribution in [2.24, 2.45) is 0 Å². The van der Waals surface area contributed by atoms with E-state index < -0.39 is 0 Å². The van der Waals surface area contributed by atoms with Crippen molar-refractivity contribution < 1.29 is 9.53 Å².